The quantitative estimate of drug-likeness (QED) is 0.258. The third-order valence-corrected chi connectivity index (χ3v) is 5.91. The molecule has 0 amide bonds. The van der Waals surface area contributed by atoms with Gasteiger partial charge in [0.1, 0.15) is 11.4 Å². The van der Waals surface area contributed by atoms with Crippen molar-refractivity contribution in [2.45, 2.75) is 100 Å². The van der Waals surface area contributed by atoms with E-state index in [1.54, 1.807) is 14.1 Å². The van der Waals surface area contributed by atoms with E-state index in [1.165, 1.54) is 7.05 Å². The first-order chi connectivity index (χ1) is 19.0. The lowest BCUT2D eigenvalue weighted by Crippen LogP contribution is -2.46. The number of rotatable bonds is 2. The highest BCUT2D eigenvalue weighted by atomic mass is 32.2. The molecule has 1 unspecified atom stereocenters. The Bertz CT molecular complexity index is 1400. The smallest absolute Gasteiger partial charge is 0.324 e. The molecule has 2 aliphatic rings. The Kier molecular flexibility index (Phi) is 16.0. The fourth-order valence-corrected chi connectivity index (χ4v) is 4.48. The van der Waals surface area contributed by atoms with Crippen LogP contribution in [-0.4, -0.2) is 73.7 Å². The van der Waals surface area contributed by atoms with E-state index in [9.17, 15) is 22.2 Å². The SMILES string of the molecule is C.CC.CN=C1NS(=O)(=O)NC1=NC(C)(C)C.CNC1=NS(=O)N=C1NC(C)(C)C.CNc1c(NC(C)(C)C)c(=O)c1=O. The third kappa shape index (κ3) is 14.6. The van der Waals surface area contributed by atoms with Crippen molar-refractivity contribution in [3.8, 4) is 0 Å². The van der Waals surface area contributed by atoms with E-state index in [-0.39, 0.29) is 35.7 Å². The van der Waals surface area contributed by atoms with Gasteiger partial charge in [-0.05, 0) is 62.3 Å². The zero-order valence-electron chi connectivity index (χ0n) is 27.1. The topological polar surface area (TPSA) is 207 Å². The molecule has 248 valence electrons. The van der Waals surface area contributed by atoms with Gasteiger partial charge >= 0.3 is 10.2 Å². The normalized spacial score (nSPS) is 19.0. The predicted molar refractivity (Wildman–Crippen MR) is 183 cm³/mol. The highest BCUT2D eigenvalue weighted by molar-refractivity contribution is 7.89. The van der Waals surface area contributed by atoms with Gasteiger partial charge in [-0.2, -0.15) is 8.42 Å². The molecule has 0 spiro atoms. The van der Waals surface area contributed by atoms with E-state index < -0.39 is 32.2 Å². The summed E-state index contributed by atoms with van der Waals surface area (Å²) >= 11 is -1.47. The van der Waals surface area contributed by atoms with Crippen LogP contribution in [0.15, 0.2) is 28.4 Å². The molecular weight excluding hydrogens is 596 g/mol. The molecule has 1 aromatic rings. The number of anilines is 2. The molecule has 0 aliphatic carbocycles. The number of nitrogens with one attached hydrogen (secondary N) is 6. The molecule has 0 radical (unpaired) electrons. The van der Waals surface area contributed by atoms with Crippen molar-refractivity contribution in [2.75, 3.05) is 31.8 Å². The van der Waals surface area contributed by atoms with Crippen molar-refractivity contribution in [3.05, 3.63) is 20.4 Å². The Balaban J connectivity index is 0. The standard InChI is InChI=1S/C9H14N2O2.C7H14N4O2S.C7H14N4OS.C2H6.CH4/c1-9(2,3)11-6-5(10-4)7(12)8(6)13;1-7(2,3)9-6-5(8-4)10-14(12,13)11-6;1-7(2,3)9-6-5(8-4)10-13(12)11-6;1-2;/h10-11H,1-4H3;1-4H3,(H,8,10)(H,9,11);1-4H3,(H,8,10)(H,9,11);1-2H3;1H4. The summed E-state index contributed by atoms with van der Waals surface area (Å²) in [5.41, 5.74) is -0.730. The first kappa shape index (κ1) is 41.8. The van der Waals surface area contributed by atoms with Crippen molar-refractivity contribution in [2.24, 2.45) is 18.8 Å². The maximum atomic E-state index is 11.1. The van der Waals surface area contributed by atoms with E-state index in [4.69, 9.17) is 0 Å². The molecule has 2 aliphatic heterocycles. The van der Waals surface area contributed by atoms with Gasteiger partial charge in [0.2, 0.25) is 0 Å². The summed E-state index contributed by atoms with van der Waals surface area (Å²) in [6.07, 6.45) is 0. The second-order valence-electron chi connectivity index (χ2n) is 11.7. The van der Waals surface area contributed by atoms with Gasteiger partial charge in [-0.15, -0.1) is 8.80 Å². The van der Waals surface area contributed by atoms with Crippen molar-refractivity contribution < 1.29 is 12.6 Å². The van der Waals surface area contributed by atoms with Crippen molar-refractivity contribution >= 4 is 56.1 Å². The van der Waals surface area contributed by atoms with Crippen molar-refractivity contribution in [3.63, 3.8) is 0 Å². The molecule has 0 aromatic heterocycles. The Morgan fingerprint density at radius 3 is 1.58 bits per heavy atom. The summed E-state index contributed by atoms with van der Waals surface area (Å²) in [6, 6.07) is 0. The molecule has 1 aromatic carbocycles. The van der Waals surface area contributed by atoms with Gasteiger partial charge in [0, 0.05) is 32.2 Å². The Morgan fingerprint density at radius 1 is 0.744 bits per heavy atom. The average Bonchev–Trinajstić information content (AvgIpc) is 3.33. The lowest BCUT2D eigenvalue weighted by atomic mass is 10.1. The van der Waals surface area contributed by atoms with Gasteiger partial charge in [-0.1, -0.05) is 21.3 Å². The number of hydrogen-bond acceptors (Lipinski definition) is 11. The van der Waals surface area contributed by atoms with Gasteiger partial charge in [-0.25, -0.2) is 13.7 Å². The molecule has 0 bridgehead atoms. The van der Waals surface area contributed by atoms with E-state index in [0.717, 1.165) is 0 Å². The fourth-order valence-electron chi connectivity index (χ4n) is 2.93. The maximum Gasteiger partial charge on any atom is 0.324 e. The van der Waals surface area contributed by atoms with Gasteiger partial charge in [0.15, 0.2) is 23.3 Å². The fraction of sp³-hybridized carbons (Fsp3) is 0.692. The highest BCUT2D eigenvalue weighted by Gasteiger charge is 2.29. The lowest BCUT2D eigenvalue weighted by molar-refractivity contribution is 0.514. The first-order valence-electron chi connectivity index (χ1n) is 13.2. The minimum absolute atomic E-state index is 0. The molecule has 6 N–H and O–H groups in total. The highest BCUT2D eigenvalue weighted by Crippen LogP contribution is 2.18. The van der Waals surface area contributed by atoms with E-state index in [0.29, 0.717) is 23.0 Å². The number of amidine groups is 4. The number of hydrogen-bond donors (Lipinski definition) is 6. The maximum absolute atomic E-state index is 11.1. The summed E-state index contributed by atoms with van der Waals surface area (Å²) in [5, 5.41) is 11.6. The van der Waals surface area contributed by atoms with Gasteiger partial charge in [-0.3, -0.25) is 19.6 Å². The van der Waals surface area contributed by atoms with Crippen LogP contribution in [0.3, 0.4) is 0 Å². The summed E-state index contributed by atoms with van der Waals surface area (Å²) in [7, 11) is 1.36. The van der Waals surface area contributed by atoms with Crippen molar-refractivity contribution in [1.29, 1.82) is 0 Å². The van der Waals surface area contributed by atoms with E-state index >= 15 is 0 Å². The van der Waals surface area contributed by atoms with Crippen LogP contribution in [0.4, 0.5) is 11.4 Å². The number of likely N-dealkylation sites (N-methyl/N-ethyl adjacent to an activating group) is 1. The summed E-state index contributed by atoms with van der Waals surface area (Å²) in [5.74, 6) is 1.63. The summed E-state index contributed by atoms with van der Waals surface area (Å²) < 4.78 is 45.3. The summed E-state index contributed by atoms with van der Waals surface area (Å²) in [6.45, 7) is 21.4. The van der Waals surface area contributed by atoms with Crippen molar-refractivity contribution in [1.82, 2.24) is 20.1 Å². The molecule has 2 heterocycles. The molecule has 43 heavy (non-hydrogen) atoms. The largest absolute Gasteiger partial charge is 0.383 e. The predicted octanol–water partition coefficient (Wildman–Crippen LogP) is 1.83. The molecule has 3 rings (SSSR count). The zero-order valence-corrected chi connectivity index (χ0v) is 28.8. The minimum Gasteiger partial charge on any atom is -0.383 e. The Labute approximate surface area is 259 Å². The number of nitrogens with zero attached hydrogens (tertiary/aromatic N) is 4. The molecule has 0 saturated carbocycles. The van der Waals surface area contributed by atoms with Gasteiger partial charge in [0.05, 0.1) is 5.54 Å². The zero-order chi connectivity index (χ0) is 33.3. The van der Waals surface area contributed by atoms with Gasteiger partial charge in [0.25, 0.3) is 22.0 Å². The van der Waals surface area contributed by atoms with Crippen LogP contribution in [0.5, 0.6) is 0 Å². The van der Waals surface area contributed by atoms with Crippen LogP contribution in [0.25, 0.3) is 0 Å². The first-order valence-corrected chi connectivity index (χ1v) is 15.8. The van der Waals surface area contributed by atoms with Crippen LogP contribution in [-0.2, 0) is 21.4 Å². The van der Waals surface area contributed by atoms with E-state index in [1.807, 2.05) is 76.2 Å². The number of aliphatic imine (C=N–C) groups is 2. The average molecular weight is 649 g/mol. The molecule has 17 heteroatoms. The van der Waals surface area contributed by atoms with Crippen LogP contribution in [0.2, 0.25) is 0 Å². The minimum atomic E-state index is -3.49. The second-order valence-corrected chi connectivity index (χ2v) is 13.9. The molecule has 1 atom stereocenters. The van der Waals surface area contributed by atoms with Crippen LogP contribution < -0.4 is 41.6 Å². The summed E-state index contributed by atoms with van der Waals surface area (Å²) in [4.78, 5) is 30.0. The second kappa shape index (κ2) is 16.5. The molecular formula is C26H52N10O5S2. The Morgan fingerprint density at radius 2 is 1.19 bits per heavy atom. The molecule has 15 nitrogen and oxygen atoms in total. The third-order valence-electron chi connectivity index (χ3n) is 4.31. The van der Waals surface area contributed by atoms with E-state index in [2.05, 4.69) is 49.5 Å². The van der Waals surface area contributed by atoms with Crippen LogP contribution >= 0.6 is 0 Å². The lowest BCUT2D eigenvalue weighted by Gasteiger charge is -2.24. The molecule has 1 saturated heterocycles. The van der Waals surface area contributed by atoms with Gasteiger partial charge < -0.3 is 21.3 Å². The van der Waals surface area contributed by atoms with Crippen LogP contribution in [0.1, 0.15) is 83.6 Å². The monoisotopic (exact) mass is 648 g/mol. The Hall–Kier alpha value is -3.34. The molecule has 1 fully saturated rings. The van der Waals surface area contributed by atoms with Crippen LogP contribution in [0, 0.1) is 0 Å².